The lowest BCUT2D eigenvalue weighted by Gasteiger charge is -2.34. The lowest BCUT2D eigenvalue weighted by atomic mass is 10.1. The topological polar surface area (TPSA) is 91.8 Å². The van der Waals surface area contributed by atoms with E-state index in [0.717, 1.165) is 33.4 Å². The van der Waals surface area contributed by atoms with Crippen LogP contribution in [0, 0.1) is 41.5 Å². The molecule has 0 saturated carbocycles. The normalized spacial score (nSPS) is 20.6. The number of para-hydroxylation sites is 3. The van der Waals surface area contributed by atoms with Crippen LogP contribution in [-0.2, 0) is 0 Å². The minimum atomic E-state index is -3.81. The van der Waals surface area contributed by atoms with Gasteiger partial charge in [0.1, 0.15) is 16.4 Å². The Hall–Kier alpha value is -4.87. The van der Waals surface area contributed by atoms with Gasteiger partial charge in [-0.15, -0.1) is 0 Å². The minimum Gasteiger partial charge on any atom is -0.415 e. The fraction of sp³-hybridized carbons (Fsp3) is 0.143. The van der Waals surface area contributed by atoms with Crippen LogP contribution in [0.1, 0.15) is 33.4 Å². The van der Waals surface area contributed by atoms with E-state index in [4.69, 9.17) is 31.7 Å². The lowest BCUT2D eigenvalue weighted by Crippen LogP contribution is -2.41. The summed E-state index contributed by atoms with van der Waals surface area (Å²) >= 11 is 0. The van der Waals surface area contributed by atoms with Crippen molar-refractivity contribution >= 4 is 23.7 Å². The zero-order chi connectivity index (χ0) is 37.8. The molecule has 9 nitrogen and oxygen atoms in total. The van der Waals surface area contributed by atoms with Crippen LogP contribution < -0.4 is 36.9 Å². The molecule has 1 aliphatic heterocycles. The van der Waals surface area contributed by atoms with Crippen LogP contribution in [0.2, 0.25) is 0 Å². The van der Waals surface area contributed by atoms with E-state index in [9.17, 15) is 0 Å². The van der Waals surface area contributed by atoms with E-state index in [1.807, 2.05) is 187 Å². The van der Waals surface area contributed by atoms with E-state index >= 15 is 0 Å². The molecule has 12 heteroatoms. The monoisotopic (exact) mass is 779 g/mol. The van der Waals surface area contributed by atoms with Crippen molar-refractivity contribution in [1.82, 2.24) is 9.72 Å². The summed E-state index contributed by atoms with van der Waals surface area (Å²) in [7, 11) is -11.3. The Balaban J connectivity index is 1.54. The molecule has 2 N–H and O–H groups in total. The van der Waals surface area contributed by atoms with Gasteiger partial charge >= 0.3 is 23.7 Å². The number of rotatable bonds is 12. The van der Waals surface area contributed by atoms with Crippen molar-refractivity contribution in [2.24, 2.45) is 4.52 Å². The highest BCUT2D eigenvalue weighted by molar-refractivity contribution is 7.89. The lowest BCUT2D eigenvalue weighted by molar-refractivity contribution is 0.402. The van der Waals surface area contributed by atoms with Gasteiger partial charge in [-0.2, -0.15) is 0 Å². The van der Waals surface area contributed by atoms with Gasteiger partial charge in [0, 0.05) is 4.86 Å². The zero-order valence-corrected chi connectivity index (χ0v) is 33.8. The van der Waals surface area contributed by atoms with Crippen LogP contribution >= 0.6 is 23.7 Å². The summed E-state index contributed by atoms with van der Waals surface area (Å²) in [6.07, 6.45) is 0. The SMILES string of the molecule is Cc1ccc(C)c(OP2(Oc3ccccc3)=N[P+](Oc3ccccc3)(Oc3cc(C)ccc3C)N[P+](Oc3ccccc3)(Oc3cc(C)ccc3C)N2)c1. The second kappa shape index (κ2) is 15.8. The smallest absolute Gasteiger partial charge is 0.415 e. The summed E-state index contributed by atoms with van der Waals surface area (Å²) < 4.78 is 48.0. The number of hydrogen-bond donors (Lipinski definition) is 2. The van der Waals surface area contributed by atoms with Crippen molar-refractivity contribution in [2.45, 2.75) is 41.5 Å². The van der Waals surface area contributed by atoms with Crippen molar-refractivity contribution in [3.05, 3.63) is 179 Å². The molecule has 3 unspecified atom stereocenters. The molecule has 0 aliphatic carbocycles. The Kier molecular flexibility index (Phi) is 11.0. The van der Waals surface area contributed by atoms with E-state index < -0.39 is 23.7 Å². The highest BCUT2D eigenvalue weighted by Crippen LogP contribution is 2.80. The van der Waals surface area contributed by atoms with Gasteiger partial charge in [0.2, 0.25) is 0 Å². The standard InChI is InChI=1S/C42H44N3O6P3/c1-31-22-25-34(4)40(28-31)49-52(46-37-16-10-7-11-17-37)43-53(47-38-18-12-8-13-19-38,50-41-29-32(2)23-26-35(41)5)45-54(44-52,48-39-20-14-9-15-21-39)51-42-30-33(3)24-27-36(42)6/h7-30,43-44H,1-6H3/q+2. The molecule has 6 aromatic carbocycles. The molecule has 1 heterocycles. The number of nitrogens with zero attached hydrogens (tertiary/aromatic N) is 1. The van der Waals surface area contributed by atoms with Crippen LogP contribution in [0.5, 0.6) is 34.5 Å². The van der Waals surface area contributed by atoms with Crippen molar-refractivity contribution in [2.75, 3.05) is 0 Å². The Bertz CT molecular complexity index is 2300. The van der Waals surface area contributed by atoms with Gasteiger partial charge in [-0.25, -0.2) is 0 Å². The Morgan fingerprint density at radius 2 is 0.889 bits per heavy atom. The fourth-order valence-electron chi connectivity index (χ4n) is 5.54. The third kappa shape index (κ3) is 8.90. The summed E-state index contributed by atoms with van der Waals surface area (Å²) in [6.45, 7) is 12.0. The van der Waals surface area contributed by atoms with E-state index in [1.165, 1.54) is 0 Å². The molecule has 6 aromatic rings. The predicted molar refractivity (Wildman–Crippen MR) is 220 cm³/mol. The van der Waals surface area contributed by atoms with Crippen LogP contribution in [0.4, 0.5) is 0 Å². The van der Waals surface area contributed by atoms with Gasteiger partial charge in [0.05, 0.1) is 4.52 Å². The molecular formula is C42H44N3O6P3+2. The maximum Gasteiger partial charge on any atom is 0.617 e. The molecule has 3 atom stereocenters. The third-order valence-electron chi connectivity index (χ3n) is 8.38. The first-order valence-electron chi connectivity index (χ1n) is 17.6. The van der Waals surface area contributed by atoms with Gasteiger partial charge in [0.15, 0.2) is 23.0 Å². The van der Waals surface area contributed by atoms with Crippen LogP contribution in [0.25, 0.3) is 0 Å². The average molecular weight is 780 g/mol. The Morgan fingerprint density at radius 1 is 0.444 bits per heavy atom. The molecule has 0 aromatic heterocycles. The zero-order valence-electron chi connectivity index (χ0n) is 31.1. The van der Waals surface area contributed by atoms with Gasteiger partial charge in [-0.1, -0.05) is 91.0 Å². The first-order valence-corrected chi connectivity index (χ1v) is 22.3. The minimum absolute atomic E-state index is 0.517. The van der Waals surface area contributed by atoms with E-state index in [0.29, 0.717) is 34.5 Å². The summed E-state index contributed by atoms with van der Waals surface area (Å²) in [4.78, 5) is 7.29. The third-order valence-corrected chi connectivity index (χ3v) is 17.1. The number of hydrogen-bond acceptors (Lipinski definition) is 9. The maximum absolute atomic E-state index is 7.17. The van der Waals surface area contributed by atoms with Crippen LogP contribution in [0.15, 0.2) is 150 Å². The molecule has 0 radical (unpaired) electrons. The highest BCUT2D eigenvalue weighted by atomic mass is 31.3. The largest absolute Gasteiger partial charge is 0.617 e. The molecule has 1 aliphatic rings. The number of aryl methyl sites for hydroxylation is 6. The second-order valence-electron chi connectivity index (χ2n) is 13.2. The highest BCUT2D eigenvalue weighted by Gasteiger charge is 2.75. The predicted octanol–water partition coefficient (Wildman–Crippen LogP) is 12.8. The Labute approximate surface area is 319 Å². The van der Waals surface area contributed by atoms with Crippen molar-refractivity contribution < 1.29 is 27.1 Å². The quantitative estimate of drug-likeness (QED) is 0.119. The summed E-state index contributed by atoms with van der Waals surface area (Å²) in [5.74, 6) is 3.31. The average Bonchev–Trinajstić information content (AvgIpc) is 3.14. The van der Waals surface area contributed by atoms with Gasteiger partial charge in [0.25, 0.3) is 0 Å². The van der Waals surface area contributed by atoms with Crippen molar-refractivity contribution in [1.29, 1.82) is 0 Å². The molecule has 276 valence electrons. The summed E-state index contributed by atoms with van der Waals surface area (Å²) in [5, 5.41) is 0. The van der Waals surface area contributed by atoms with Gasteiger partial charge < -0.3 is 9.05 Å². The molecule has 7 rings (SSSR count). The summed E-state index contributed by atoms with van der Waals surface area (Å²) in [6, 6.07) is 46.5. The van der Waals surface area contributed by atoms with Gasteiger partial charge in [-0.3, -0.25) is 18.1 Å². The van der Waals surface area contributed by atoms with E-state index in [-0.39, 0.29) is 0 Å². The molecule has 0 bridgehead atoms. The van der Waals surface area contributed by atoms with Gasteiger partial charge in [-0.05, 0) is 130 Å². The fourth-order valence-corrected chi connectivity index (χ4v) is 15.7. The van der Waals surface area contributed by atoms with E-state index in [1.54, 1.807) is 0 Å². The Morgan fingerprint density at radius 3 is 1.43 bits per heavy atom. The van der Waals surface area contributed by atoms with Crippen LogP contribution in [0.3, 0.4) is 0 Å². The van der Waals surface area contributed by atoms with Crippen molar-refractivity contribution in [3.8, 4) is 34.5 Å². The maximum atomic E-state index is 7.17. The molecular weight excluding hydrogens is 735 g/mol. The summed E-state index contributed by atoms with van der Waals surface area (Å²) in [5.41, 5.74) is 5.69. The first-order chi connectivity index (χ1) is 26.0. The molecule has 0 saturated heterocycles. The first kappa shape index (κ1) is 37.4. The van der Waals surface area contributed by atoms with Crippen LogP contribution in [-0.4, -0.2) is 0 Å². The second-order valence-corrected chi connectivity index (χ2v) is 19.8. The number of nitrogens with one attached hydrogen (secondary N) is 2. The van der Waals surface area contributed by atoms with E-state index in [2.05, 4.69) is 9.72 Å². The molecule has 0 fully saturated rings. The van der Waals surface area contributed by atoms with Crippen molar-refractivity contribution in [3.63, 3.8) is 0 Å². The molecule has 54 heavy (non-hydrogen) atoms. The molecule has 0 spiro atoms. The number of benzene rings is 6. The molecule has 0 amide bonds.